The highest BCUT2D eigenvalue weighted by Crippen LogP contribution is 2.44. The lowest BCUT2D eigenvalue weighted by molar-refractivity contribution is -0.198. The highest BCUT2D eigenvalue weighted by Gasteiger charge is 2.46. The molecule has 242 valence electrons. The highest BCUT2D eigenvalue weighted by molar-refractivity contribution is 6.30. The van der Waals surface area contributed by atoms with Crippen molar-refractivity contribution in [2.75, 3.05) is 36.9 Å². The topological polar surface area (TPSA) is 103 Å². The highest BCUT2D eigenvalue weighted by atomic mass is 35.5. The van der Waals surface area contributed by atoms with Crippen LogP contribution in [-0.4, -0.2) is 54.4 Å². The molecule has 45 heavy (non-hydrogen) atoms. The Morgan fingerprint density at radius 3 is 2.53 bits per heavy atom. The van der Waals surface area contributed by atoms with E-state index in [0.717, 1.165) is 18.4 Å². The van der Waals surface area contributed by atoms with Gasteiger partial charge in [0.2, 0.25) is 17.9 Å². The summed E-state index contributed by atoms with van der Waals surface area (Å²) in [6.07, 6.45) is -4.92. The summed E-state index contributed by atoms with van der Waals surface area (Å²) < 4.78 is 55.0. The average molecular weight is 646 g/mol. The Bertz CT molecular complexity index is 1540. The molecule has 0 bridgehead atoms. The number of carbonyl (C=O) groups is 1. The lowest BCUT2D eigenvalue weighted by Gasteiger charge is -2.39. The van der Waals surface area contributed by atoms with Gasteiger partial charge in [0.15, 0.2) is 0 Å². The van der Waals surface area contributed by atoms with E-state index in [1.807, 2.05) is 43.9 Å². The largest absolute Gasteiger partial charge is 0.465 e. The van der Waals surface area contributed by atoms with Gasteiger partial charge >= 0.3 is 12.1 Å². The van der Waals surface area contributed by atoms with Crippen molar-refractivity contribution < 1.29 is 27.4 Å². The molecule has 0 aliphatic carbocycles. The number of hydrogen-bond acceptors (Lipinski definition) is 8. The summed E-state index contributed by atoms with van der Waals surface area (Å²) in [5.41, 5.74) is 7.49. The first-order chi connectivity index (χ1) is 21.2. The van der Waals surface area contributed by atoms with Gasteiger partial charge in [0.1, 0.15) is 11.9 Å². The zero-order valence-corrected chi connectivity index (χ0v) is 26.6. The van der Waals surface area contributed by atoms with Gasteiger partial charge in [-0.3, -0.25) is 4.79 Å². The predicted octanol–water partition coefficient (Wildman–Crippen LogP) is 6.87. The molecular formula is C33H39ClF3N5O3. The molecule has 0 saturated carbocycles. The summed E-state index contributed by atoms with van der Waals surface area (Å²) in [6.45, 7) is 10.1. The summed E-state index contributed by atoms with van der Waals surface area (Å²) in [5.74, 6) is -0.334. The second-order valence-corrected chi connectivity index (χ2v) is 13.3. The van der Waals surface area contributed by atoms with E-state index in [4.69, 9.17) is 26.8 Å². The van der Waals surface area contributed by atoms with Gasteiger partial charge < -0.3 is 25.4 Å². The van der Waals surface area contributed by atoms with E-state index < -0.39 is 12.3 Å². The van der Waals surface area contributed by atoms with Crippen molar-refractivity contribution in [3.05, 3.63) is 64.7 Å². The maximum absolute atomic E-state index is 14.7. The van der Waals surface area contributed by atoms with Gasteiger partial charge in [-0.05, 0) is 65.8 Å². The van der Waals surface area contributed by atoms with Crippen molar-refractivity contribution in [1.29, 1.82) is 0 Å². The molecule has 3 heterocycles. The van der Waals surface area contributed by atoms with Crippen LogP contribution in [0.3, 0.4) is 0 Å². The summed E-state index contributed by atoms with van der Waals surface area (Å²) >= 11 is 6.29. The van der Waals surface area contributed by atoms with Crippen molar-refractivity contribution in [1.82, 2.24) is 15.3 Å². The number of aromatic nitrogens is 2. The number of nitrogen functional groups attached to an aromatic ring is 1. The van der Waals surface area contributed by atoms with Crippen molar-refractivity contribution in [3.8, 4) is 17.0 Å². The Morgan fingerprint density at radius 1 is 1.13 bits per heavy atom. The first kappa shape index (κ1) is 32.8. The van der Waals surface area contributed by atoms with E-state index in [9.17, 15) is 18.0 Å². The molecule has 8 nitrogen and oxygen atoms in total. The lowest BCUT2D eigenvalue weighted by Crippen LogP contribution is -2.41. The standard InChI is InChI=1S/C33H39ClF3N5O3/c1-5-44-29(43)25-18-32(19-39-25)11-13-42(14-12-32)26-17-27(41-30(38)40-26)45-28(33(35,36)37)23-10-9-22(34)16-24(23)20-7-6-8-21(15-20)31(2,3)4/h6-10,15-17,25,28,39H,5,11-14,18-19H2,1-4H3,(H2,38,40,41)/t25-,28+/m0/s1. The van der Waals surface area contributed by atoms with Crippen molar-refractivity contribution in [2.45, 2.75) is 70.7 Å². The zero-order valence-electron chi connectivity index (χ0n) is 25.9. The fourth-order valence-electron chi connectivity index (χ4n) is 6.16. The van der Waals surface area contributed by atoms with Crippen LogP contribution in [0.25, 0.3) is 11.1 Å². The maximum atomic E-state index is 14.7. The molecule has 2 fully saturated rings. The van der Waals surface area contributed by atoms with Crippen LogP contribution in [0.5, 0.6) is 5.88 Å². The van der Waals surface area contributed by atoms with E-state index in [-0.39, 0.29) is 40.2 Å². The third kappa shape index (κ3) is 7.47. The molecule has 1 spiro atoms. The number of alkyl halides is 3. The first-order valence-corrected chi connectivity index (χ1v) is 15.5. The number of ether oxygens (including phenoxy) is 2. The summed E-state index contributed by atoms with van der Waals surface area (Å²) in [4.78, 5) is 22.5. The van der Waals surface area contributed by atoms with Gasteiger partial charge in [0.25, 0.3) is 0 Å². The molecular weight excluding hydrogens is 607 g/mol. The third-order valence-electron chi connectivity index (χ3n) is 8.66. The SMILES string of the molecule is CCOC(=O)[C@@H]1CC2(CCN(c3cc(O[C@H](c4ccc(Cl)cc4-c4cccc(C(C)(C)C)c4)C(F)(F)F)nc(N)n3)CC2)CN1. The monoisotopic (exact) mass is 645 g/mol. The van der Waals surface area contributed by atoms with Gasteiger partial charge in [-0.2, -0.15) is 23.1 Å². The number of nitrogens with two attached hydrogens (primary N) is 1. The molecule has 0 radical (unpaired) electrons. The van der Waals surface area contributed by atoms with Crippen LogP contribution in [0.1, 0.15) is 64.2 Å². The number of hydrogen-bond donors (Lipinski definition) is 2. The number of rotatable bonds is 7. The van der Waals surface area contributed by atoms with Crippen LogP contribution in [0, 0.1) is 5.41 Å². The molecule has 2 aromatic carbocycles. The molecule has 12 heteroatoms. The van der Waals surface area contributed by atoms with Gasteiger partial charge in [0, 0.05) is 36.3 Å². The van der Waals surface area contributed by atoms with E-state index in [1.54, 1.807) is 13.0 Å². The Morgan fingerprint density at radius 2 is 1.87 bits per heavy atom. The van der Waals surface area contributed by atoms with Gasteiger partial charge in [-0.1, -0.05) is 62.7 Å². The Hall–Kier alpha value is -3.57. The Labute approximate surface area is 266 Å². The quantitative estimate of drug-likeness (QED) is 0.269. The Balaban J connectivity index is 1.40. The Kier molecular flexibility index (Phi) is 9.24. The van der Waals surface area contributed by atoms with E-state index in [2.05, 4.69) is 15.3 Å². The first-order valence-electron chi connectivity index (χ1n) is 15.1. The van der Waals surface area contributed by atoms with Crippen molar-refractivity contribution >= 4 is 29.3 Å². The molecule has 2 aliphatic heterocycles. The molecule has 2 saturated heterocycles. The van der Waals surface area contributed by atoms with Crippen LogP contribution in [-0.2, 0) is 14.9 Å². The van der Waals surface area contributed by atoms with Gasteiger partial charge in [-0.15, -0.1) is 0 Å². The van der Waals surface area contributed by atoms with Gasteiger partial charge in [-0.25, -0.2) is 0 Å². The van der Waals surface area contributed by atoms with Crippen LogP contribution >= 0.6 is 11.6 Å². The summed E-state index contributed by atoms with van der Waals surface area (Å²) in [7, 11) is 0. The molecule has 3 N–H and O–H groups in total. The number of nitrogens with zero attached hydrogens (tertiary/aromatic N) is 3. The maximum Gasteiger partial charge on any atom is 0.429 e. The zero-order chi connectivity index (χ0) is 32.6. The summed E-state index contributed by atoms with van der Waals surface area (Å²) in [6, 6.07) is 12.8. The van der Waals surface area contributed by atoms with Gasteiger partial charge in [0.05, 0.1) is 6.61 Å². The van der Waals surface area contributed by atoms with E-state index in [0.29, 0.717) is 54.6 Å². The number of carbonyl (C=O) groups excluding carboxylic acids is 1. The van der Waals surface area contributed by atoms with Crippen LogP contribution in [0.15, 0.2) is 48.5 Å². The number of benzene rings is 2. The van der Waals surface area contributed by atoms with Crippen LogP contribution in [0.2, 0.25) is 5.02 Å². The fourth-order valence-corrected chi connectivity index (χ4v) is 6.33. The number of anilines is 2. The van der Waals surface area contributed by atoms with Crippen LogP contribution < -0.4 is 20.7 Å². The average Bonchev–Trinajstić information content (AvgIpc) is 3.39. The predicted molar refractivity (Wildman–Crippen MR) is 168 cm³/mol. The minimum absolute atomic E-state index is 0.0670. The number of piperidine rings is 1. The molecule has 0 amide bonds. The second-order valence-electron chi connectivity index (χ2n) is 12.9. The van der Waals surface area contributed by atoms with Crippen LogP contribution in [0.4, 0.5) is 24.9 Å². The molecule has 3 aromatic rings. The van der Waals surface area contributed by atoms with Crippen molar-refractivity contribution in [3.63, 3.8) is 0 Å². The number of nitrogens with one attached hydrogen (secondary N) is 1. The third-order valence-corrected chi connectivity index (χ3v) is 8.89. The normalized spacial score (nSPS) is 19.0. The number of esters is 1. The lowest BCUT2D eigenvalue weighted by atomic mass is 9.76. The number of halogens is 4. The summed E-state index contributed by atoms with van der Waals surface area (Å²) in [5, 5.41) is 3.59. The van der Waals surface area contributed by atoms with E-state index in [1.165, 1.54) is 24.3 Å². The molecule has 1 aromatic heterocycles. The minimum atomic E-state index is -4.79. The molecule has 0 unspecified atom stereocenters. The second kappa shape index (κ2) is 12.7. The minimum Gasteiger partial charge on any atom is -0.465 e. The fraction of sp³-hybridized carbons (Fsp3) is 0.485. The molecule has 5 rings (SSSR count). The smallest absolute Gasteiger partial charge is 0.429 e. The van der Waals surface area contributed by atoms with E-state index >= 15 is 0 Å². The van der Waals surface area contributed by atoms with Crippen molar-refractivity contribution in [2.24, 2.45) is 5.41 Å². The molecule has 2 atom stereocenters. The molecule has 2 aliphatic rings.